The molecule has 1 unspecified atom stereocenters. The molecule has 6 heteroatoms. The van der Waals surface area contributed by atoms with Gasteiger partial charge in [-0.1, -0.05) is 6.07 Å². The Morgan fingerprint density at radius 3 is 2.88 bits per heavy atom. The molecule has 1 atom stereocenters. The van der Waals surface area contributed by atoms with Gasteiger partial charge in [0.2, 0.25) is 0 Å². The summed E-state index contributed by atoms with van der Waals surface area (Å²) in [5.41, 5.74) is 2.88. The fourth-order valence-electron chi connectivity index (χ4n) is 3.28. The second kappa shape index (κ2) is 7.72. The number of nitrogens with zero attached hydrogens (tertiary/aromatic N) is 3. The first-order chi connectivity index (χ1) is 12.1. The van der Waals surface area contributed by atoms with Gasteiger partial charge in [0.15, 0.2) is 0 Å². The molecule has 1 aliphatic rings. The van der Waals surface area contributed by atoms with E-state index in [9.17, 15) is 10.2 Å². The van der Waals surface area contributed by atoms with Gasteiger partial charge < -0.3 is 19.8 Å². The van der Waals surface area contributed by atoms with Gasteiger partial charge in [-0.2, -0.15) is 0 Å². The van der Waals surface area contributed by atoms with E-state index in [1.54, 1.807) is 19.4 Å². The zero-order valence-electron chi connectivity index (χ0n) is 14.7. The maximum atomic E-state index is 10.2. The molecule has 0 aliphatic carbocycles. The third-order valence-electron chi connectivity index (χ3n) is 4.84. The maximum Gasteiger partial charge on any atom is 0.123 e. The highest BCUT2D eigenvalue weighted by molar-refractivity contribution is 5.51. The number of aromatic nitrogens is 1. The minimum Gasteiger partial charge on any atom is -0.507 e. The zero-order valence-corrected chi connectivity index (χ0v) is 14.7. The summed E-state index contributed by atoms with van der Waals surface area (Å²) in [6.45, 7) is 2.24. The first-order valence-electron chi connectivity index (χ1n) is 8.48. The second-order valence-corrected chi connectivity index (χ2v) is 6.41. The van der Waals surface area contributed by atoms with Gasteiger partial charge in [0.1, 0.15) is 11.5 Å². The number of pyridine rings is 1. The number of likely N-dealkylation sites (N-methyl/N-ethyl adjacent to an activating group) is 1. The van der Waals surface area contributed by atoms with Crippen molar-refractivity contribution in [3.63, 3.8) is 0 Å². The van der Waals surface area contributed by atoms with Crippen molar-refractivity contribution >= 4 is 5.69 Å². The lowest BCUT2D eigenvalue weighted by atomic mass is 10.1. The van der Waals surface area contributed by atoms with E-state index in [0.29, 0.717) is 18.8 Å². The van der Waals surface area contributed by atoms with Crippen LogP contribution in [0.5, 0.6) is 11.5 Å². The quantitative estimate of drug-likeness (QED) is 0.885. The Morgan fingerprint density at radius 1 is 1.32 bits per heavy atom. The monoisotopic (exact) mass is 343 g/mol. The van der Waals surface area contributed by atoms with E-state index in [1.807, 2.05) is 31.3 Å². The van der Waals surface area contributed by atoms with Crippen molar-refractivity contribution in [1.82, 2.24) is 9.88 Å². The van der Waals surface area contributed by atoms with Gasteiger partial charge in [-0.3, -0.25) is 9.88 Å². The van der Waals surface area contributed by atoms with Gasteiger partial charge in [0, 0.05) is 44.5 Å². The maximum absolute atomic E-state index is 10.2. The number of rotatable bonds is 4. The van der Waals surface area contributed by atoms with Gasteiger partial charge in [0.25, 0.3) is 0 Å². The first-order valence-corrected chi connectivity index (χ1v) is 8.48. The third kappa shape index (κ3) is 3.86. The number of hydrogen-bond acceptors (Lipinski definition) is 6. The molecule has 0 bridgehead atoms. The molecule has 3 rings (SSSR count). The number of anilines is 1. The lowest BCUT2D eigenvalue weighted by Crippen LogP contribution is -2.41. The number of aromatic hydroxyl groups is 1. The molecule has 0 radical (unpaired) electrons. The highest BCUT2D eigenvalue weighted by atomic mass is 16.5. The number of methoxy groups -OCH3 is 1. The topological polar surface area (TPSA) is 69.1 Å². The Hall–Kier alpha value is -2.31. The van der Waals surface area contributed by atoms with Gasteiger partial charge in [-0.15, -0.1) is 0 Å². The van der Waals surface area contributed by atoms with Crippen molar-refractivity contribution in [1.29, 1.82) is 0 Å². The van der Waals surface area contributed by atoms with Crippen molar-refractivity contribution in [2.24, 2.45) is 0 Å². The Kier molecular flexibility index (Phi) is 5.40. The molecule has 0 saturated carbocycles. The summed E-state index contributed by atoms with van der Waals surface area (Å²) in [5, 5.41) is 20.0. The van der Waals surface area contributed by atoms with Crippen molar-refractivity contribution in [3.05, 3.63) is 47.8 Å². The van der Waals surface area contributed by atoms with E-state index in [1.165, 1.54) is 0 Å². The fraction of sp³-hybridized carbons (Fsp3) is 0.421. The van der Waals surface area contributed by atoms with Gasteiger partial charge in [-0.05, 0) is 24.6 Å². The summed E-state index contributed by atoms with van der Waals surface area (Å²) in [4.78, 5) is 8.90. The number of benzene rings is 1. The molecule has 0 spiro atoms. The number of aliphatic hydroxyl groups excluding tert-OH is 1. The van der Waals surface area contributed by atoms with E-state index >= 15 is 0 Å². The largest absolute Gasteiger partial charge is 0.507 e. The smallest absolute Gasteiger partial charge is 0.123 e. The fourth-order valence-corrected chi connectivity index (χ4v) is 3.28. The first kappa shape index (κ1) is 17.5. The molecule has 134 valence electrons. The molecule has 2 heterocycles. The molecule has 0 amide bonds. The van der Waals surface area contributed by atoms with Crippen LogP contribution in [0.25, 0.3) is 0 Å². The molecular formula is C19H25N3O3. The molecule has 6 nitrogen and oxygen atoms in total. The Morgan fingerprint density at radius 2 is 2.16 bits per heavy atom. The van der Waals surface area contributed by atoms with Crippen LogP contribution < -0.4 is 9.64 Å². The van der Waals surface area contributed by atoms with Crippen LogP contribution in [0.15, 0.2) is 36.5 Å². The van der Waals surface area contributed by atoms with Crippen molar-refractivity contribution in [2.75, 3.05) is 32.2 Å². The number of aliphatic hydroxyl groups is 1. The van der Waals surface area contributed by atoms with E-state index in [0.717, 1.165) is 29.9 Å². The van der Waals surface area contributed by atoms with Crippen LogP contribution in [0.1, 0.15) is 17.7 Å². The zero-order chi connectivity index (χ0) is 17.8. The van der Waals surface area contributed by atoms with Gasteiger partial charge >= 0.3 is 0 Å². The van der Waals surface area contributed by atoms with E-state index < -0.39 is 0 Å². The molecule has 1 aromatic carbocycles. The number of phenols is 1. The molecular weight excluding hydrogens is 318 g/mol. The van der Waals surface area contributed by atoms with Crippen LogP contribution in [0, 0.1) is 0 Å². The Balaban J connectivity index is 1.85. The number of hydrogen-bond donors (Lipinski definition) is 2. The summed E-state index contributed by atoms with van der Waals surface area (Å²) < 4.78 is 5.15. The molecule has 1 aromatic heterocycles. The lowest BCUT2D eigenvalue weighted by Gasteiger charge is -2.35. The number of fused-ring (bicyclic) bond motifs is 1. The summed E-state index contributed by atoms with van der Waals surface area (Å²) in [5.74, 6) is 0.876. The Labute approximate surface area is 148 Å². The summed E-state index contributed by atoms with van der Waals surface area (Å²) in [6.07, 6.45) is 2.64. The lowest BCUT2D eigenvalue weighted by molar-refractivity contribution is 0.203. The normalized spacial score (nSPS) is 18.4. The highest BCUT2D eigenvalue weighted by Gasteiger charge is 2.23. The van der Waals surface area contributed by atoms with Crippen LogP contribution in [0.4, 0.5) is 5.69 Å². The molecule has 0 saturated heterocycles. The van der Waals surface area contributed by atoms with Crippen LogP contribution >= 0.6 is 0 Å². The summed E-state index contributed by atoms with van der Waals surface area (Å²) in [7, 11) is 3.59. The van der Waals surface area contributed by atoms with Crippen LogP contribution in [-0.4, -0.2) is 53.4 Å². The molecule has 2 N–H and O–H groups in total. The third-order valence-corrected chi connectivity index (χ3v) is 4.84. The van der Waals surface area contributed by atoms with Crippen molar-refractivity contribution < 1.29 is 14.9 Å². The van der Waals surface area contributed by atoms with E-state index in [-0.39, 0.29) is 18.4 Å². The molecule has 2 aromatic rings. The Bertz CT molecular complexity index is 723. The van der Waals surface area contributed by atoms with Gasteiger partial charge in [-0.25, -0.2) is 0 Å². The van der Waals surface area contributed by atoms with Crippen LogP contribution in [0.2, 0.25) is 0 Å². The second-order valence-electron chi connectivity index (χ2n) is 6.41. The standard InChI is InChI=1S/C19H25N3O3/c1-21-15(13-23)7-9-22(12-17-18(21)4-3-8-20-17)11-14-5-6-16(25-2)10-19(14)24/h3-6,8,10,15,23-24H,7,9,11-13H2,1-2H3. The summed E-state index contributed by atoms with van der Waals surface area (Å²) in [6, 6.07) is 9.40. The van der Waals surface area contributed by atoms with Gasteiger partial charge in [0.05, 0.1) is 31.1 Å². The van der Waals surface area contributed by atoms with E-state index in [2.05, 4.69) is 14.8 Å². The van der Waals surface area contributed by atoms with Crippen molar-refractivity contribution in [3.8, 4) is 11.5 Å². The average molecular weight is 343 g/mol. The SMILES string of the molecule is COc1ccc(CN2CCC(CO)N(C)c3cccnc3C2)c(O)c1. The number of phenolic OH excluding ortho intramolecular Hbond substituents is 1. The van der Waals surface area contributed by atoms with Crippen LogP contribution in [0.3, 0.4) is 0 Å². The van der Waals surface area contributed by atoms with Crippen LogP contribution in [-0.2, 0) is 13.1 Å². The minimum atomic E-state index is 0.0511. The number of ether oxygens (including phenoxy) is 1. The highest BCUT2D eigenvalue weighted by Crippen LogP contribution is 2.28. The van der Waals surface area contributed by atoms with Crippen molar-refractivity contribution in [2.45, 2.75) is 25.6 Å². The minimum absolute atomic E-state index is 0.0511. The predicted octanol–water partition coefficient (Wildman–Crippen LogP) is 2.00. The predicted molar refractivity (Wildman–Crippen MR) is 96.9 cm³/mol. The molecule has 25 heavy (non-hydrogen) atoms. The molecule has 0 fully saturated rings. The molecule has 1 aliphatic heterocycles. The average Bonchev–Trinajstić information content (AvgIpc) is 2.62. The summed E-state index contributed by atoms with van der Waals surface area (Å²) >= 11 is 0. The van der Waals surface area contributed by atoms with E-state index in [4.69, 9.17) is 4.74 Å².